The molecule has 0 spiro atoms. The van der Waals surface area contributed by atoms with Crippen molar-refractivity contribution in [1.82, 2.24) is 9.55 Å². The maximum Gasteiger partial charge on any atom is 0.305 e. The number of anilines is 1. The summed E-state index contributed by atoms with van der Waals surface area (Å²) >= 11 is 0. The molecule has 0 saturated heterocycles. The van der Waals surface area contributed by atoms with E-state index < -0.39 is 24.6 Å². The monoisotopic (exact) mass is 435 g/mol. The van der Waals surface area contributed by atoms with E-state index in [1.54, 1.807) is 12.1 Å². The lowest BCUT2D eigenvalue weighted by Gasteiger charge is -2.19. The van der Waals surface area contributed by atoms with Crippen LogP contribution in [-0.4, -0.2) is 55.4 Å². The molecule has 2 unspecified atom stereocenters. The number of nitrogens with zero attached hydrogens (tertiary/aromatic N) is 2. The number of benzene rings is 1. The minimum atomic E-state index is -1.13. The molecule has 2 atom stereocenters. The number of carbonyl (C=O) groups excluding carboxylic acids is 1. The van der Waals surface area contributed by atoms with Crippen LogP contribution in [0.1, 0.15) is 51.8 Å². The summed E-state index contributed by atoms with van der Waals surface area (Å²) in [5, 5.41) is 31.9. The van der Waals surface area contributed by atoms with Crippen LogP contribution in [0, 0.1) is 5.82 Å². The van der Waals surface area contributed by atoms with E-state index in [2.05, 4.69) is 10.3 Å². The third-order valence-corrected chi connectivity index (χ3v) is 4.81. The Morgan fingerprint density at radius 3 is 2.35 bits per heavy atom. The normalized spacial score (nSPS) is 13.3. The number of aliphatic carboxylic acids is 1. The zero-order valence-electron chi connectivity index (χ0n) is 18.0. The van der Waals surface area contributed by atoms with Gasteiger partial charge >= 0.3 is 5.97 Å². The number of Topliss-reactive ketones (excluding diaryl/α,β-unsaturated/α-hetero) is 1. The first kappa shape index (κ1) is 24.5. The Bertz CT molecular complexity index is 895. The number of imidazole rings is 1. The predicted octanol–water partition coefficient (Wildman–Crippen LogP) is 2.79. The van der Waals surface area contributed by atoms with Crippen LogP contribution in [0.2, 0.25) is 0 Å². The van der Waals surface area contributed by atoms with Crippen LogP contribution in [0.5, 0.6) is 0 Å². The summed E-state index contributed by atoms with van der Waals surface area (Å²) in [5.74, 6) is -1.05. The van der Waals surface area contributed by atoms with Crippen molar-refractivity contribution < 1.29 is 29.3 Å². The van der Waals surface area contributed by atoms with E-state index in [0.29, 0.717) is 23.6 Å². The van der Waals surface area contributed by atoms with E-state index in [9.17, 15) is 24.2 Å². The number of ketones is 1. The van der Waals surface area contributed by atoms with Gasteiger partial charge in [0.25, 0.3) is 0 Å². The van der Waals surface area contributed by atoms with Crippen molar-refractivity contribution in [2.45, 2.75) is 64.7 Å². The number of aromatic nitrogens is 2. The van der Waals surface area contributed by atoms with E-state index in [1.165, 1.54) is 19.1 Å². The van der Waals surface area contributed by atoms with Crippen LogP contribution in [0.25, 0.3) is 11.3 Å². The molecule has 0 amide bonds. The number of halogens is 1. The van der Waals surface area contributed by atoms with Gasteiger partial charge in [0.05, 0.1) is 30.9 Å². The molecule has 0 fully saturated rings. The Hall–Kier alpha value is -2.78. The van der Waals surface area contributed by atoms with Crippen molar-refractivity contribution in [3.8, 4) is 11.3 Å². The molecule has 0 radical (unpaired) electrons. The van der Waals surface area contributed by atoms with Crippen molar-refractivity contribution in [2.75, 3.05) is 11.9 Å². The number of aliphatic hydroxyl groups excluding tert-OH is 2. The van der Waals surface area contributed by atoms with Gasteiger partial charge in [0.15, 0.2) is 0 Å². The third kappa shape index (κ3) is 7.15. The second-order valence-corrected chi connectivity index (χ2v) is 7.94. The SMILES string of the molecule is CC(=O)CNc1nc(-c2ccc(F)cc2)c(CCC(O)CC(O)CC(=O)O)n1C(C)C. The summed E-state index contributed by atoms with van der Waals surface area (Å²) in [6.07, 6.45) is -1.85. The summed E-state index contributed by atoms with van der Waals surface area (Å²) in [4.78, 5) is 26.8. The second kappa shape index (κ2) is 11.0. The Morgan fingerprint density at radius 1 is 1.16 bits per heavy atom. The molecule has 0 saturated carbocycles. The molecule has 0 aliphatic carbocycles. The Kier molecular flexibility index (Phi) is 8.70. The fraction of sp³-hybridized carbons (Fsp3) is 0.500. The molecule has 8 nitrogen and oxygen atoms in total. The minimum absolute atomic E-state index is 0.0131. The van der Waals surface area contributed by atoms with Crippen molar-refractivity contribution in [2.24, 2.45) is 0 Å². The van der Waals surface area contributed by atoms with Gasteiger partial charge in [0.1, 0.15) is 11.6 Å². The van der Waals surface area contributed by atoms with Gasteiger partial charge in [0.2, 0.25) is 5.95 Å². The van der Waals surface area contributed by atoms with E-state index >= 15 is 0 Å². The lowest BCUT2D eigenvalue weighted by molar-refractivity contribution is -0.139. The largest absolute Gasteiger partial charge is 0.481 e. The standard InChI is InChI=1S/C22H30FN3O5/c1-13(2)26-19(9-8-17(28)10-18(29)11-20(30)31)21(15-4-6-16(23)7-5-15)25-22(26)24-12-14(3)27/h4-7,13,17-18,28-29H,8-12H2,1-3H3,(H,24,25)(H,30,31). The first-order valence-electron chi connectivity index (χ1n) is 10.3. The van der Waals surface area contributed by atoms with Crippen LogP contribution < -0.4 is 5.32 Å². The quantitative estimate of drug-likeness (QED) is 0.404. The number of nitrogens with one attached hydrogen (secondary N) is 1. The number of hydrogen-bond donors (Lipinski definition) is 4. The molecular weight excluding hydrogens is 405 g/mol. The van der Waals surface area contributed by atoms with Crippen molar-refractivity contribution in [1.29, 1.82) is 0 Å². The fourth-order valence-corrected chi connectivity index (χ4v) is 3.45. The maximum absolute atomic E-state index is 13.4. The average Bonchev–Trinajstić information content (AvgIpc) is 3.03. The van der Waals surface area contributed by atoms with Crippen LogP contribution in [0.4, 0.5) is 10.3 Å². The lowest BCUT2D eigenvalue weighted by Crippen LogP contribution is -2.22. The Labute approximate surface area is 180 Å². The molecule has 170 valence electrons. The smallest absolute Gasteiger partial charge is 0.305 e. The molecule has 1 aromatic heterocycles. The highest BCUT2D eigenvalue weighted by atomic mass is 19.1. The third-order valence-electron chi connectivity index (χ3n) is 4.81. The molecule has 2 rings (SSSR count). The first-order chi connectivity index (χ1) is 14.6. The van der Waals surface area contributed by atoms with Crippen LogP contribution in [-0.2, 0) is 16.0 Å². The minimum Gasteiger partial charge on any atom is -0.481 e. The maximum atomic E-state index is 13.4. The van der Waals surface area contributed by atoms with Crippen LogP contribution >= 0.6 is 0 Å². The number of rotatable bonds is 12. The van der Waals surface area contributed by atoms with Crippen molar-refractivity contribution >= 4 is 17.7 Å². The number of carbonyl (C=O) groups is 2. The van der Waals surface area contributed by atoms with Crippen molar-refractivity contribution in [3.05, 3.63) is 35.8 Å². The van der Waals surface area contributed by atoms with Crippen LogP contribution in [0.15, 0.2) is 24.3 Å². The van der Waals surface area contributed by atoms with E-state index in [4.69, 9.17) is 5.11 Å². The molecule has 1 heterocycles. The summed E-state index contributed by atoms with van der Waals surface area (Å²) in [6.45, 7) is 5.50. The molecule has 0 aliphatic rings. The van der Waals surface area contributed by atoms with Gasteiger partial charge in [-0.15, -0.1) is 0 Å². The summed E-state index contributed by atoms with van der Waals surface area (Å²) in [5.41, 5.74) is 2.10. The summed E-state index contributed by atoms with van der Waals surface area (Å²) < 4.78 is 15.3. The topological polar surface area (TPSA) is 125 Å². The van der Waals surface area contributed by atoms with Crippen LogP contribution in [0.3, 0.4) is 0 Å². The van der Waals surface area contributed by atoms with E-state index in [1.807, 2.05) is 18.4 Å². The van der Waals surface area contributed by atoms with Gasteiger partial charge in [-0.3, -0.25) is 9.59 Å². The predicted molar refractivity (Wildman–Crippen MR) is 114 cm³/mol. The van der Waals surface area contributed by atoms with Gasteiger partial charge < -0.3 is 25.2 Å². The zero-order chi connectivity index (χ0) is 23.1. The van der Waals surface area contributed by atoms with Gasteiger partial charge in [-0.25, -0.2) is 9.37 Å². The molecule has 4 N–H and O–H groups in total. The zero-order valence-corrected chi connectivity index (χ0v) is 18.0. The first-order valence-corrected chi connectivity index (χ1v) is 10.3. The van der Waals surface area contributed by atoms with E-state index in [-0.39, 0.29) is 37.0 Å². The highest BCUT2D eigenvalue weighted by Crippen LogP contribution is 2.31. The van der Waals surface area contributed by atoms with Gasteiger partial charge in [-0.2, -0.15) is 0 Å². The molecule has 31 heavy (non-hydrogen) atoms. The van der Waals surface area contributed by atoms with Gasteiger partial charge in [-0.05, 0) is 64.3 Å². The number of aliphatic hydroxyl groups is 2. The lowest BCUT2D eigenvalue weighted by atomic mass is 10.0. The number of carboxylic acids is 1. The molecular formula is C22H30FN3O5. The molecule has 1 aromatic carbocycles. The van der Waals surface area contributed by atoms with Crippen molar-refractivity contribution in [3.63, 3.8) is 0 Å². The molecule has 0 aliphatic heterocycles. The van der Waals surface area contributed by atoms with Gasteiger partial charge in [0, 0.05) is 17.3 Å². The Balaban J connectivity index is 2.33. The summed E-state index contributed by atoms with van der Waals surface area (Å²) in [6, 6.07) is 5.91. The average molecular weight is 435 g/mol. The molecule has 0 bridgehead atoms. The number of carboxylic acid groups (broad SMARTS) is 1. The second-order valence-electron chi connectivity index (χ2n) is 7.94. The van der Waals surface area contributed by atoms with E-state index in [0.717, 1.165) is 5.69 Å². The fourth-order valence-electron chi connectivity index (χ4n) is 3.45. The summed E-state index contributed by atoms with van der Waals surface area (Å²) in [7, 11) is 0. The highest BCUT2D eigenvalue weighted by molar-refractivity contribution is 5.80. The highest BCUT2D eigenvalue weighted by Gasteiger charge is 2.22. The Morgan fingerprint density at radius 2 is 1.81 bits per heavy atom. The number of hydrogen-bond acceptors (Lipinski definition) is 6. The molecule has 2 aromatic rings. The van der Waals surface area contributed by atoms with Gasteiger partial charge in [-0.1, -0.05) is 0 Å². The molecule has 9 heteroatoms.